The van der Waals surface area contributed by atoms with E-state index >= 15 is 0 Å². The molecule has 0 N–H and O–H groups in total. The molecule has 1 saturated heterocycles. The second-order valence-electron chi connectivity index (χ2n) is 7.81. The van der Waals surface area contributed by atoms with E-state index in [0.29, 0.717) is 50.1 Å². The van der Waals surface area contributed by atoms with Crippen LogP contribution in [0, 0.1) is 23.2 Å². The molecule has 1 aliphatic rings. The van der Waals surface area contributed by atoms with Crippen LogP contribution < -0.4 is 4.90 Å². The van der Waals surface area contributed by atoms with Gasteiger partial charge >= 0.3 is 12.1 Å². The molecule has 0 saturated carbocycles. The molecule has 1 amide bonds. The Morgan fingerprint density at radius 2 is 1.90 bits per heavy atom. The number of carbonyl (C=O) groups is 2. The van der Waals surface area contributed by atoms with Crippen molar-refractivity contribution in [3.63, 3.8) is 0 Å². The van der Waals surface area contributed by atoms with E-state index in [9.17, 15) is 14.9 Å². The van der Waals surface area contributed by atoms with Crippen LogP contribution in [0.1, 0.15) is 46.0 Å². The molecular weight excluding hydrogens is 398 g/mol. The quantitative estimate of drug-likeness (QED) is 0.404. The molecule has 0 unspecified atom stereocenters. The third-order valence-corrected chi connectivity index (χ3v) is 4.37. The fraction of sp³-hybridized carbons (Fsp3) is 0.545. The number of hydrogen-bond donors (Lipinski definition) is 0. The van der Waals surface area contributed by atoms with Gasteiger partial charge in [-0.3, -0.25) is 4.57 Å². The molecule has 1 aromatic rings. The fourth-order valence-corrected chi connectivity index (χ4v) is 3.00. The van der Waals surface area contributed by atoms with Crippen LogP contribution in [0.5, 0.6) is 0 Å². The van der Waals surface area contributed by atoms with E-state index in [1.807, 2.05) is 25.7 Å². The molecule has 0 atom stereocenters. The van der Waals surface area contributed by atoms with Crippen molar-refractivity contribution in [2.24, 2.45) is 0 Å². The van der Waals surface area contributed by atoms with E-state index in [2.05, 4.69) is 22.9 Å². The lowest BCUT2D eigenvalue weighted by molar-refractivity contribution is -0.137. The average Bonchev–Trinajstić information content (AvgIpc) is 3.07. The summed E-state index contributed by atoms with van der Waals surface area (Å²) < 4.78 is 12.1. The van der Waals surface area contributed by atoms with Gasteiger partial charge in [-0.05, 0) is 40.7 Å². The highest BCUT2D eigenvalue weighted by atomic mass is 16.6. The van der Waals surface area contributed by atoms with Gasteiger partial charge in [0, 0.05) is 32.3 Å². The number of carbonyl (C=O) groups excluding carboxylic acids is 2. The number of nitrogens with zero attached hydrogens (tertiary/aromatic N) is 5. The van der Waals surface area contributed by atoms with Crippen LogP contribution in [-0.2, 0) is 20.8 Å². The first-order valence-corrected chi connectivity index (χ1v) is 10.2. The molecule has 2 heterocycles. The Balaban J connectivity index is 2.25. The zero-order chi connectivity index (χ0) is 23.0. The first-order valence-electron chi connectivity index (χ1n) is 10.2. The minimum absolute atomic E-state index is 0.266. The molecule has 1 fully saturated rings. The van der Waals surface area contributed by atoms with Crippen LogP contribution in [-0.4, -0.2) is 64.9 Å². The maximum atomic E-state index is 12.3. The number of imidazole rings is 1. The predicted octanol–water partition coefficient (Wildman–Crippen LogP) is 2.41. The molecule has 0 radical (unpaired) electrons. The normalized spacial score (nSPS) is 14.1. The molecule has 1 aromatic heterocycles. The molecular formula is C22H29N5O4. The summed E-state index contributed by atoms with van der Waals surface area (Å²) in [5.74, 6) is 5.87. The highest BCUT2D eigenvalue weighted by Crippen LogP contribution is 2.23. The van der Waals surface area contributed by atoms with Crippen molar-refractivity contribution in [3.8, 4) is 17.9 Å². The van der Waals surface area contributed by atoms with E-state index in [1.54, 1.807) is 23.3 Å². The Labute approximate surface area is 183 Å². The summed E-state index contributed by atoms with van der Waals surface area (Å²) in [6.07, 6.45) is 2.39. The van der Waals surface area contributed by atoms with Gasteiger partial charge in [0.2, 0.25) is 5.95 Å². The molecule has 9 nitrogen and oxygen atoms in total. The van der Waals surface area contributed by atoms with Crippen molar-refractivity contribution >= 4 is 24.1 Å². The van der Waals surface area contributed by atoms with Gasteiger partial charge in [-0.25, -0.2) is 14.6 Å². The van der Waals surface area contributed by atoms with Gasteiger partial charge in [-0.15, -0.1) is 5.92 Å². The summed E-state index contributed by atoms with van der Waals surface area (Å²) in [5.41, 5.74) is 0.136. The van der Waals surface area contributed by atoms with Crippen LogP contribution in [0.2, 0.25) is 0 Å². The SMILES string of the molecule is CC#CCn1c(N2CCN(C(=O)OC(C)(C)C)CC2)nc(/C=C/C(=O)OCC)c1C#N. The maximum Gasteiger partial charge on any atom is 0.410 e. The summed E-state index contributed by atoms with van der Waals surface area (Å²) in [7, 11) is 0. The Morgan fingerprint density at radius 1 is 1.23 bits per heavy atom. The summed E-state index contributed by atoms with van der Waals surface area (Å²) in [6, 6.07) is 2.16. The van der Waals surface area contributed by atoms with Crippen molar-refractivity contribution in [1.29, 1.82) is 5.26 Å². The number of piperazine rings is 1. The molecule has 1 aliphatic heterocycles. The van der Waals surface area contributed by atoms with Crippen LogP contribution in [0.25, 0.3) is 6.08 Å². The largest absolute Gasteiger partial charge is 0.463 e. The number of amides is 1. The Bertz CT molecular complexity index is 932. The fourth-order valence-electron chi connectivity index (χ4n) is 3.00. The summed E-state index contributed by atoms with van der Waals surface area (Å²) in [4.78, 5) is 32.2. The molecule has 31 heavy (non-hydrogen) atoms. The maximum absolute atomic E-state index is 12.3. The minimum atomic E-state index is -0.550. The van der Waals surface area contributed by atoms with E-state index in [-0.39, 0.29) is 12.7 Å². The van der Waals surface area contributed by atoms with Crippen molar-refractivity contribution < 1.29 is 19.1 Å². The third kappa shape index (κ3) is 6.51. The van der Waals surface area contributed by atoms with Gasteiger partial charge in [0.1, 0.15) is 23.1 Å². The molecule has 0 aliphatic carbocycles. The van der Waals surface area contributed by atoms with Crippen LogP contribution in [0.3, 0.4) is 0 Å². The molecule has 0 spiro atoms. The lowest BCUT2D eigenvalue weighted by Gasteiger charge is -2.36. The lowest BCUT2D eigenvalue weighted by Crippen LogP contribution is -2.50. The van der Waals surface area contributed by atoms with Gasteiger partial charge in [0.05, 0.1) is 13.2 Å². The zero-order valence-electron chi connectivity index (χ0n) is 18.8. The van der Waals surface area contributed by atoms with E-state index < -0.39 is 11.6 Å². The van der Waals surface area contributed by atoms with E-state index in [4.69, 9.17) is 9.47 Å². The van der Waals surface area contributed by atoms with Crippen LogP contribution >= 0.6 is 0 Å². The number of rotatable bonds is 5. The first kappa shape index (κ1) is 23.8. The van der Waals surface area contributed by atoms with Crippen LogP contribution in [0.4, 0.5) is 10.7 Å². The van der Waals surface area contributed by atoms with Gasteiger partial charge in [0.25, 0.3) is 0 Å². The van der Waals surface area contributed by atoms with E-state index in [1.165, 1.54) is 12.2 Å². The average molecular weight is 428 g/mol. The number of ether oxygens (including phenoxy) is 2. The molecule has 0 aromatic carbocycles. The van der Waals surface area contributed by atoms with Crippen LogP contribution in [0.15, 0.2) is 6.08 Å². The van der Waals surface area contributed by atoms with Crippen molar-refractivity contribution in [2.45, 2.75) is 46.8 Å². The number of aromatic nitrogens is 2. The lowest BCUT2D eigenvalue weighted by atomic mass is 10.2. The van der Waals surface area contributed by atoms with Gasteiger partial charge in [0.15, 0.2) is 0 Å². The second kappa shape index (κ2) is 10.5. The molecule has 0 bridgehead atoms. The summed E-state index contributed by atoms with van der Waals surface area (Å²) >= 11 is 0. The summed E-state index contributed by atoms with van der Waals surface area (Å²) in [5, 5.41) is 9.70. The van der Waals surface area contributed by atoms with Crippen molar-refractivity contribution in [3.05, 3.63) is 17.5 Å². The predicted molar refractivity (Wildman–Crippen MR) is 116 cm³/mol. The highest BCUT2D eigenvalue weighted by Gasteiger charge is 2.28. The number of anilines is 1. The zero-order valence-corrected chi connectivity index (χ0v) is 18.8. The van der Waals surface area contributed by atoms with Gasteiger partial charge < -0.3 is 19.3 Å². The first-order chi connectivity index (χ1) is 14.7. The Morgan fingerprint density at radius 3 is 2.45 bits per heavy atom. The highest BCUT2D eigenvalue weighted by molar-refractivity contribution is 5.87. The number of esters is 1. The Hall–Kier alpha value is -3.46. The standard InChI is InChI=1S/C22H29N5O4/c1-6-8-11-27-18(16-23)17(9-10-19(28)30-7-2)24-20(27)25-12-14-26(15-13-25)21(29)31-22(3,4)5/h9-10H,7,11-15H2,1-5H3/b10-9+. The molecule has 9 heteroatoms. The summed E-state index contributed by atoms with van der Waals surface area (Å²) in [6.45, 7) is 11.5. The third-order valence-electron chi connectivity index (χ3n) is 4.37. The van der Waals surface area contributed by atoms with Gasteiger partial charge in [-0.1, -0.05) is 5.92 Å². The smallest absolute Gasteiger partial charge is 0.410 e. The topological polar surface area (TPSA) is 101 Å². The minimum Gasteiger partial charge on any atom is -0.463 e. The Kier molecular flexibility index (Phi) is 8.09. The number of hydrogen-bond acceptors (Lipinski definition) is 7. The number of nitriles is 1. The van der Waals surface area contributed by atoms with Crippen molar-refractivity contribution in [2.75, 3.05) is 37.7 Å². The van der Waals surface area contributed by atoms with E-state index in [0.717, 1.165) is 0 Å². The molecule has 2 rings (SSSR count). The van der Waals surface area contributed by atoms with Crippen molar-refractivity contribution in [1.82, 2.24) is 14.5 Å². The monoisotopic (exact) mass is 427 g/mol. The molecule has 166 valence electrons. The second-order valence-corrected chi connectivity index (χ2v) is 7.81. The van der Waals surface area contributed by atoms with Gasteiger partial charge in [-0.2, -0.15) is 5.26 Å².